The minimum Gasteiger partial charge on any atom is -0.394 e. The highest BCUT2D eigenvalue weighted by molar-refractivity contribution is 5.77. The van der Waals surface area contributed by atoms with Crippen molar-refractivity contribution in [2.45, 2.75) is 63.6 Å². The second-order valence-electron chi connectivity index (χ2n) is 6.78. The van der Waals surface area contributed by atoms with Crippen molar-refractivity contribution in [2.75, 3.05) is 13.2 Å². The molecule has 0 radical (unpaired) electrons. The zero-order valence-corrected chi connectivity index (χ0v) is 11.8. The summed E-state index contributed by atoms with van der Waals surface area (Å²) < 4.78 is 0. The number of piperidine rings is 1. The van der Waals surface area contributed by atoms with Crippen molar-refractivity contribution >= 4 is 5.91 Å². The molecule has 3 saturated heterocycles. The Morgan fingerprint density at radius 1 is 1.26 bits per heavy atom. The fourth-order valence-electron chi connectivity index (χ4n) is 4.30. The van der Waals surface area contributed by atoms with E-state index in [1.54, 1.807) is 0 Å². The number of amides is 1. The van der Waals surface area contributed by atoms with E-state index in [4.69, 9.17) is 0 Å². The van der Waals surface area contributed by atoms with Crippen LogP contribution in [0.1, 0.15) is 45.4 Å². The molecule has 4 heteroatoms. The van der Waals surface area contributed by atoms with Crippen molar-refractivity contribution in [3.8, 4) is 0 Å². The molecule has 3 rings (SSSR count). The molecule has 0 spiro atoms. The number of aliphatic hydroxyl groups excluding tert-OH is 1. The predicted molar refractivity (Wildman–Crippen MR) is 73.7 cm³/mol. The highest BCUT2D eigenvalue weighted by atomic mass is 16.3. The summed E-state index contributed by atoms with van der Waals surface area (Å²) in [6, 6.07) is 1.37. The third-order valence-corrected chi connectivity index (χ3v) is 5.42. The molecule has 0 aromatic carbocycles. The predicted octanol–water partition coefficient (Wildman–Crippen LogP) is 1.14. The van der Waals surface area contributed by atoms with E-state index in [0.717, 1.165) is 25.8 Å². The van der Waals surface area contributed by atoms with E-state index in [9.17, 15) is 9.90 Å². The maximum atomic E-state index is 12.5. The maximum Gasteiger partial charge on any atom is 0.223 e. The number of nitrogens with one attached hydrogen (secondary N) is 1. The topological polar surface area (TPSA) is 52.6 Å². The highest BCUT2D eigenvalue weighted by Crippen LogP contribution is 2.34. The van der Waals surface area contributed by atoms with Gasteiger partial charge in [-0.15, -0.1) is 0 Å². The molecule has 2 bridgehead atoms. The van der Waals surface area contributed by atoms with E-state index in [1.165, 1.54) is 12.8 Å². The lowest BCUT2D eigenvalue weighted by Gasteiger charge is -2.31. The molecule has 3 fully saturated rings. The Labute approximate surface area is 115 Å². The first-order valence-corrected chi connectivity index (χ1v) is 7.83. The van der Waals surface area contributed by atoms with E-state index in [0.29, 0.717) is 30.3 Å². The number of hydrogen-bond donors (Lipinski definition) is 2. The molecular weight excluding hydrogens is 240 g/mol. The van der Waals surface area contributed by atoms with Gasteiger partial charge in [0.05, 0.1) is 12.6 Å². The van der Waals surface area contributed by atoms with E-state index in [2.05, 4.69) is 12.2 Å². The van der Waals surface area contributed by atoms with Crippen molar-refractivity contribution in [3.05, 3.63) is 0 Å². The normalized spacial score (nSPS) is 41.8. The van der Waals surface area contributed by atoms with Crippen LogP contribution in [0.15, 0.2) is 0 Å². The molecule has 0 aromatic rings. The van der Waals surface area contributed by atoms with Gasteiger partial charge < -0.3 is 15.3 Å². The summed E-state index contributed by atoms with van der Waals surface area (Å²) in [6.07, 6.45) is 6.63. The van der Waals surface area contributed by atoms with Gasteiger partial charge in [0.2, 0.25) is 5.91 Å². The first-order chi connectivity index (χ1) is 9.17. The fourth-order valence-corrected chi connectivity index (χ4v) is 4.30. The second-order valence-corrected chi connectivity index (χ2v) is 6.78. The quantitative estimate of drug-likeness (QED) is 0.805. The summed E-state index contributed by atoms with van der Waals surface area (Å²) in [7, 11) is 0. The number of likely N-dealkylation sites (tertiary alicyclic amines) is 1. The zero-order chi connectivity index (χ0) is 13.4. The van der Waals surface area contributed by atoms with Crippen LogP contribution in [0.3, 0.4) is 0 Å². The monoisotopic (exact) mass is 266 g/mol. The molecule has 1 amide bonds. The van der Waals surface area contributed by atoms with Crippen LogP contribution in [0.25, 0.3) is 0 Å². The average molecular weight is 266 g/mol. The Bertz CT molecular complexity index is 335. The van der Waals surface area contributed by atoms with Crippen molar-refractivity contribution in [1.82, 2.24) is 10.2 Å². The molecule has 0 saturated carbocycles. The van der Waals surface area contributed by atoms with Gasteiger partial charge in [0, 0.05) is 25.0 Å². The third-order valence-electron chi connectivity index (χ3n) is 5.42. The van der Waals surface area contributed by atoms with E-state index < -0.39 is 0 Å². The SMILES string of the molecule is CC1CCN(C(=O)CC2CC3CCC(C2)N3)C1CO. The fraction of sp³-hybridized carbons (Fsp3) is 0.933. The Hall–Kier alpha value is -0.610. The summed E-state index contributed by atoms with van der Waals surface area (Å²) in [6.45, 7) is 3.09. The third kappa shape index (κ3) is 2.65. The Morgan fingerprint density at radius 2 is 1.95 bits per heavy atom. The number of hydrogen-bond acceptors (Lipinski definition) is 3. The highest BCUT2D eigenvalue weighted by Gasteiger charge is 2.38. The van der Waals surface area contributed by atoms with Gasteiger partial charge in [0.1, 0.15) is 0 Å². The molecule has 4 atom stereocenters. The molecule has 108 valence electrons. The van der Waals surface area contributed by atoms with Crippen LogP contribution >= 0.6 is 0 Å². The van der Waals surface area contributed by atoms with Crippen LogP contribution in [0, 0.1) is 11.8 Å². The van der Waals surface area contributed by atoms with Crippen LogP contribution in [0.2, 0.25) is 0 Å². The van der Waals surface area contributed by atoms with Crippen molar-refractivity contribution in [3.63, 3.8) is 0 Å². The molecule has 4 nitrogen and oxygen atoms in total. The summed E-state index contributed by atoms with van der Waals surface area (Å²) in [5.74, 6) is 1.27. The first kappa shape index (κ1) is 13.4. The van der Waals surface area contributed by atoms with Crippen LogP contribution < -0.4 is 5.32 Å². The molecule has 19 heavy (non-hydrogen) atoms. The van der Waals surface area contributed by atoms with Crippen LogP contribution in [0.4, 0.5) is 0 Å². The van der Waals surface area contributed by atoms with Gasteiger partial charge >= 0.3 is 0 Å². The number of aliphatic hydroxyl groups is 1. The van der Waals surface area contributed by atoms with Gasteiger partial charge in [-0.25, -0.2) is 0 Å². The number of rotatable bonds is 3. The lowest BCUT2D eigenvalue weighted by molar-refractivity contribution is -0.134. The lowest BCUT2D eigenvalue weighted by Crippen LogP contribution is -2.43. The summed E-state index contributed by atoms with van der Waals surface area (Å²) in [4.78, 5) is 14.4. The Kier molecular flexibility index (Phi) is 3.81. The van der Waals surface area contributed by atoms with Gasteiger partial charge in [-0.1, -0.05) is 6.92 Å². The minimum atomic E-state index is 0.0611. The van der Waals surface area contributed by atoms with E-state index in [-0.39, 0.29) is 18.6 Å². The first-order valence-electron chi connectivity index (χ1n) is 7.83. The van der Waals surface area contributed by atoms with Crippen LogP contribution in [0.5, 0.6) is 0 Å². The zero-order valence-electron chi connectivity index (χ0n) is 11.8. The number of fused-ring (bicyclic) bond motifs is 2. The smallest absolute Gasteiger partial charge is 0.223 e. The Morgan fingerprint density at radius 3 is 2.58 bits per heavy atom. The molecule has 4 unspecified atom stereocenters. The van der Waals surface area contributed by atoms with Crippen LogP contribution in [-0.4, -0.2) is 47.2 Å². The van der Waals surface area contributed by atoms with Gasteiger partial charge in [-0.2, -0.15) is 0 Å². The summed E-state index contributed by atoms with van der Waals surface area (Å²) in [5.41, 5.74) is 0. The molecule has 2 N–H and O–H groups in total. The molecular formula is C15H26N2O2. The molecule has 3 aliphatic rings. The molecule has 3 heterocycles. The standard InChI is InChI=1S/C15H26N2O2/c1-10-4-5-17(14(10)9-18)15(19)8-11-6-12-2-3-13(7-11)16-12/h10-14,16,18H,2-9H2,1H3. The average Bonchev–Trinajstić information content (AvgIpc) is 2.92. The number of nitrogens with zero attached hydrogens (tertiary/aromatic N) is 1. The molecule has 3 aliphatic heterocycles. The van der Waals surface area contributed by atoms with Gasteiger partial charge in [0.15, 0.2) is 0 Å². The largest absolute Gasteiger partial charge is 0.394 e. The number of carbonyl (C=O) groups excluding carboxylic acids is 1. The van der Waals surface area contributed by atoms with Gasteiger partial charge in [-0.3, -0.25) is 4.79 Å². The maximum absolute atomic E-state index is 12.5. The minimum absolute atomic E-state index is 0.0611. The second kappa shape index (κ2) is 5.41. The Balaban J connectivity index is 1.56. The summed E-state index contributed by atoms with van der Waals surface area (Å²) in [5, 5.41) is 13.1. The lowest BCUT2D eigenvalue weighted by atomic mass is 9.89. The van der Waals surface area contributed by atoms with Crippen molar-refractivity contribution in [1.29, 1.82) is 0 Å². The van der Waals surface area contributed by atoms with Gasteiger partial charge in [0.25, 0.3) is 0 Å². The molecule has 0 aromatic heterocycles. The number of carbonyl (C=O) groups is 1. The van der Waals surface area contributed by atoms with Crippen molar-refractivity contribution < 1.29 is 9.90 Å². The van der Waals surface area contributed by atoms with Crippen molar-refractivity contribution in [2.24, 2.45) is 11.8 Å². The summed E-state index contributed by atoms with van der Waals surface area (Å²) >= 11 is 0. The molecule has 0 aliphatic carbocycles. The van der Waals surface area contributed by atoms with Crippen LogP contribution in [-0.2, 0) is 4.79 Å². The van der Waals surface area contributed by atoms with E-state index in [1.807, 2.05) is 4.90 Å². The van der Waals surface area contributed by atoms with Gasteiger partial charge in [-0.05, 0) is 43.9 Å². The van der Waals surface area contributed by atoms with E-state index >= 15 is 0 Å².